The number of benzene rings is 1. The van der Waals surface area contributed by atoms with Crippen LogP contribution in [0.25, 0.3) is 0 Å². The van der Waals surface area contributed by atoms with Crippen LogP contribution in [-0.4, -0.2) is 12.8 Å². The third-order valence-corrected chi connectivity index (χ3v) is 2.33. The van der Waals surface area contributed by atoms with Gasteiger partial charge in [-0.2, -0.15) is 18.7 Å². The summed E-state index contributed by atoms with van der Waals surface area (Å²) in [4.78, 5) is 4.26. The lowest BCUT2D eigenvalue weighted by Gasteiger charge is -2.09. The van der Waals surface area contributed by atoms with E-state index in [1.807, 2.05) is 6.07 Å². The molecular weight excluding hydrogens is 275 g/mol. The standard InChI is InChI=1S/C9H9BrF3NO/c10-8-4-2-1-3-7(8)5-14-15-6-9(11,12)13/h1-4,14H,5-6H2. The van der Waals surface area contributed by atoms with E-state index in [-0.39, 0.29) is 6.54 Å². The molecule has 0 heterocycles. The summed E-state index contributed by atoms with van der Waals surface area (Å²) < 4.78 is 35.9. The van der Waals surface area contributed by atoms with Gasteiger partial charge >= 0.3 is 6.18 Å². The maximum absolute atomic E-state index is 11.7. The fourth-order valence-electron chi connectivity index (χ4n) is 0.903. The molecule has 0 aliphatic heterocycles. The number of alkyl halides is 3. The van der Waals surface area contributed by atoms with Crippen LogP contribution in [0, 0.1) is 0 Å². The summed E-state index contributed by atoms with van der Waals surface area (Å²) in [5.41, 5.74) is 3.08. The molecule has 0 amide bonds. The van der Waals surface area contributed by atoms with Crippen LogP contribution < -0.4 is 5.48 Å². The van der Waals surface area contributed by atoms with E-state index in [0.29, 0.717) is 0 Å². The predicted molar refractivity (Wildman–Crippen MR) is 53.0 cm³/mol. The molecule has 0 aliphatic carbocycles. The Labute approximate surface area is 93.5 Å². The van der Waals surface area contributed by atoms with Gasteiger partial charge in [0.1, 0.15) is 0 Å². The smallest absolute Gasteiger partial charge is 0.292 e. The molecule has 0 saturated carbocycles. The topological polar surface area (TPSA) is 21.3 Å². The molecule has 0 spiro atoms. The molecule has 15 heavy (non-hydrogen) atoms. The Morgan fingerprint density at radius 1 is 1.27 bits per heavy atom. The van der Waals surface area contributed by atoms with Crippen molar-refractivity contribution in [3.8, 4) is 0 Å². The van der Waals surface area contributed by atoms with Crippen LogP contribution in [0.15, 0.2) is 28.7 Å². The highest BCUT2D eigenvalue weighted by Gasteiger charge is 2.27. The van der Waals surface area contributed by atoms with Crippen LogP contribution in [0.2, 0.25) is 0 Å². The molecule has 84 valence electrons. The summed E-state index contributed by atoms with van der Waals surface area (Å²) in [6.07, 6.45) is -4.30. The first-order valence-electron chi connectivity index (χ1n) is 4.14. The molecule has 1 aromatic rings. The maximum atomic E-state index is 11.7. The normalized spacial score (nSPS) is 11.7. The van der Waals surface area contributed by atoms with Crippen LogP contribution >= 0.6 is 15.9 Å². The van der Waals surface area contributed by atoms with Gasteiger partial charge in [-0.3, -0.25) is 4.84 Å². The van der Waals surface area contributed by atoms with E-state index in [0.717, 1.165) is 10.0 Å². The number of halogens is 4. The molecular formula is C9H9BrF3NO. The van der Waals surface area contributed by atoms with E-state index in [2.05, 4.69) is 26.2 Å². The van der Waals surface area contributed by atoms with Gasteiger partial charge in [0.25, 0.3) is 0 Å². The van der Waals surface area contributed by atoms with Crippen LogP contribution in [-0.2, 0) is 11.4 Å². The monoisotopic (exact) mass is 283 g/mol. The Kier molecular flexibility index (Phi) is 4.56. The van der Waals surface area contributed by atoms with Gasteiger partial charge in [0, 0.05) is 11.0 Å². The summed E-state index contributed by atoms with van der Waals surface area (Å²) in [7, 11) is 0. The largest absolute Gasteiger partial charge is 0.413 e. The van der Waals surface area contributed by atoms with Crippen LogP contribution in [0.5, 0.6) is 0 Å². The van der Waals surface area contributed by atoms with Crippen LogP contribution in [0.1, 0.15) is 5.56 Å². The third-order valence-electron chi connectivity index (χ3n) is 1.56. The average Bonchev–Trinajstić information content (AvgIpc) is 2.13. The second-order valence-electron chi connectivity index (χ2n) is 2.82. The Balaban J connectivity index is 2.30. The summed E-state index contributed by atoms with van der Waals surface area (Å²) in [6, 6.07) is 7.21. The van der Waals surface area contributed by atoms with Gasteiger partial charge in [0.15, 0.2) is 6.61 Å². The van der Waals surface area contributed by atoms with E-state index >= 15 is 0 Å². The third kappa shape index (κ3) is 5.15. The molecule has 1 aromatic carbocycles. The highest BCUT2D eigenvalue weighted by atomic mass is 79.9. The van der Waals surface area contributed by atoms with E-state index in [9.17, 15) is 13.2 Å². The molecule has 0 radical (unpaired) electrons. The lowest BCUT2D eigenvalue weighted by atomic mass is 10.2. The summed E-state index contributed by atoms with van der Waals surface area (Å²) >= 11 is 3.27. The molecule has 0 saturated heterocycles. The fraction of sp³-hybridized carbons (Fsp3) is 0.333. The van der Waals surface area contributed by atoms with Crippen molar-refractivity contribution in [1.82, 2.24) is 5.48 Å². The Morgan fingerprint density at radius 2 is 1.93 bits per heavy atom. The molecule has 0 atom stereocenters. The summed E-state index contributed by atoms with van der Waals surface area (Å²) in [6.45, 7) is -1.07. The zero-order valence-electron chi connectivity index (χ0n) is 7.64. The van der Waals surface area contributed by atoms with Gasteiger partial charge in [0.05, 0.1) is 0 Å². The second kappa shape index (κ2) is 5.48. The first kappa shape index (κ1) is 12.5. The van der Waals surface area contributed by atoms with Crippen molar-refractivity contribution in [1.29, 1.82) is 0 Å². The van der Waals surface area contributed by atoms with Crippen molar-refractivity contribution in [3.05, 3.63) is 34.3 Å². The van der Waals surface area contributed by atoms with E-state index in [1.54, 1.807) is 18.2 Å². The summed E-state index contributed by atoms with van der Waals surface area (Å²) in [5.74, 6) is 0. The van der Waals surface area contributed by atoms with Crippen LogP contribution in [0.4, 0.5) is 13.2 Å². The van der Waals surface area contributed by atoms with Gasteiger partial charge in [-0.15, -0.1) is 0 Å². The van der Waals surface area contributed by atoms with Crippen molar-refractivity contribution in [3.63, 3.8) is 0 Å². The van der Waals surface area contributed by atoms with E-state index in [1.165, 1.54) is 0 Å². The summed E-state index contributed by atoms with van der Waals surface area (Å²) in [5, 5.41) is 0. The highest BCUT2D eigenvalue weighted by molar-refractivity contribution is 9.10. The van der Waals surface area contributed by atoms with Gasteiger partial charge in [-0.05, 0) is 11.6 Å². The Morgan fingerprint density at radius 3 is 2.53 bits per heavy atom. The quantitative estimate of drug-likeness (QED) is 0.678. The molecule has 0 bridgehead atoms. The van der Waals surface area contributed by atoms with Crippen molar-refractivity contribution >= 4 is 15.9 Å². The first-order chi connectivity index (χ1) is 6.99. The Bertz CT molecular complexity index is 316. The highest BCUT2D eigenvalue weighted by Crippen LogP contribution is 2.16. The number of nitrogens with one attached hydrogen (secondary N) is 1. The van der Waals surface area contributed by atoms with Gasteiger partial charge in [0.2, 0.25) is 0 Å². The lowest BCUT2D eigenvalue weighted by Crippen LogP contribution is -2.24. The van der Waals surface area contributed by atoms with E-state index in [4.69, 9.17) is 0 Å². The van der Waals surface area contributed by atoms with Gasteiger partial charge in [-0.1, -0.05) is 34.1 Å². The molecule has 6 heteroatoms. The minimum atomic E-state index is -4.30. The SMILES string of the molecule is FC(F)(F)CONCc1ccccc1Br. The number of rotatable bonds is 4. The van der Waals surface area contributed by atoms with Crippen molar-refractivity contribution in [2.75, 3.05) is 6.61 Å². The zero-order chi connectivity index (χ0) is 11.3. The molecule has 0 fully saturated rings. The average molecular weight is 284 g/mol. The van der Waals surface area contributed by atoms with Crippen molar-refractivity contribution in [2.45, 2.75) is 12.7 Å². The second-order valence-corrected chi connectivity index (χ2v) is 3.67. The van der Waals surface area contributed by atoms with Crippen molar-refractivity contribution in [2.24, 2.45) is 0 Å². The maximum Gasteiger partial charge on any atom is 0.413 e. The van der Waals surface area contributed by atoms with E-state index < -0.39 is 12.8 Å². The molecule has 0 aromatic heterocycles. The van der Waals surface area contributed by atoms with Gasteiger partial charge in [-0.25, -0.2) is 0 Å². The van der Waals surface area contributed by atoms with Crippen molar-refractivity contribution < 1.29 is 18.0 Å². The lowest BCUT2D eigenvalue weighted by molar-refractivity contribution is -0.190. The molecule has 0 aliphatic rings. The van der Waals surface area contributed by atoms with Gasteiger partial charge < -0.3 is 0 Å². The Hall–Kier alpha value is -0.590. The van der Waals surface area contributed by atoms with Crippen LogP contribution in [0.3, 0.4) is 0 Å². The number of hydroxylamine groups is 1. The molecule has 2 nitrogen and oxygen atoms in total. The molecule has 0 unspecified atom stereocenters. The number of hydrogen-bond acceptors (Lipinski definition) is 2. The number of hydrogen-bond donors (Lipinski definition) is 1. The fourth-order valence-corrected chi connectivity index (χ4v) is 1.33. The predicted octanol–water partition coefficient (Wildman–Crippen LogP) is 3.03. The molecule has 1 N–H and O–H groups in total. The zero-order valence-corrected chi connectivity index (χ0v) is 9.23. The minimum absolute atomic E-state index is 0.220. The first-order valence-corrected chi connectivity index (χ1v) is 4.93. The minimum Gasteiger partial charge on any atom is -0.292 e. The molecule has 1 rings (SSSR count).